The average Bonchev–Trinajstić information content (AvgIpc) is 2.48. The molecule has 1 rings (SSSR count). The van der Waals surface area contributed by atoms with E-state index in [1.807, 2.05) is 13.0 Å². The second kappa shape index (κ2) is 5.75. The first kappa shape index (κ1) is 11.2. The van der Waals surface area contributed by atoms with E-state index in [0.717, 1.165) is 17.5 Å². The van der Waals surface area contributed by atoms with Gasteiger partial charge in [0, 0.05) is 28.4 Å². The average molecular weight is 264 g/mol. The Hall–Kier alpha value is 0.100. The van der Waals surface area contributed by atoms with Crippen LogP contribution in [0, 0.1) is 0 Å². The molecule has 1 aromatic heterocycles. The van der Waals surface area contributed by atoms with Crippen molar-refractivity contribution in [2.75, 3.05) is 13.2 Å². The van der Waals surface area contributed by atoms with Crippen molar-refractivity contribution in [3.63, 3.8) is 0 Å². The van der Waals surface area contributed by atoms with Crippen LogP contribution < -0.4 is 5.73 Å². The van der Waals surface area contributed by atoms with Gasteiger partial charge in [-0.1, -0.05) is 0 Å². The van der Waals surface area contributed by atoms with Gasteiger partial charge in [-0.15, -0.1) is 11.3 Å². The lowest BCUT2D eigenvalue weighted by Crippen LogP contribution is -2.28. The molecule has 0 spiro atoms. The van der Waals surface area contributed by atoms with E-state index in [1.165, 1.54) is 4.88 Å². The normalized spacial score (nSPS) is 13.2. The van der Waals surface area contributed by atoms with Gasteiger partial charge in [-0.2, -0.15) is 0 Å². The third kappa shape index (κ3) is 3.77. The maximum Gasteiger partial charge on any atom is 0.0620 e. The summed E-state index contributed by atoms with van der Waals surface area (Å²) in [6, 6.07) is 2.16. The van der Waals surface area contributed by atoms with Crippen LogP contribution in [-0.2, 0) is 11.2 Å². The molecular weight excluding hydrogens is 250 g/mol. The Balaban J connectivity index is 2.36. The number of hydrogen-bond acceptors (Lipinski definition) is 3. The maximum atomic E-state index is 5.88. The van der Waals surface area contributed by atoms with Crippen LogP contribution >= 0.6 is 27.3 Å². The molecule has 0 amide bonds. The van der Waals surface area contributed by atoms with Gasteiger partial charge >= 0.3 is 0 Å². The van der Waals surface area contributed by atoms with Crippen LogP contribution in [0.5, 0.6) is 0 Å². The van der Waals surface area contributed by atoms with Crippen molar-refractivity contribution in [1.82, 2.24) is 0 Å². The second-order valence-corrected chi connectivity index (χ2v) is 4.67. The predicted molar refractivity (Wildman–Crippen MR) is 60.2 cm³/mol. The van der Waals surface area contributed by atoms with Crippen LogP contribution in [0.1, 0.15) is 11.8 Å². The van der Waals surface area contributed by atoms with E-state index in [4.69, 9.17) is 10.5 Å². The fraction of sp³-hybridized carbons (Fsp3) is 0.556. The molecule has 1 aromatic rings. The topological polar surface area (TPSA) is 35.2 Å². The monoisotopic (exact) mass is 263 g/mol. The first-order valence-corrected chi connectivity index (χ1v) is 5.96. The summed E-state index contributed by atoms with van der Waals surface area (Å²) in [6.45, 7) is 3.36. The third-order valence-electron chi connectivity index (χ3n) is 1.67. The quantitative estimate of drug-likeness (QED) is 0.886. The number of rotatable bonds is 5. The van der Waals surface area contributed by atoms with Crippen molar-refractivity contribution >= 4 is 27.3 Å². The molecule has 4 heteroatoms. The molecule has 74 valence electrons. The first-order chi connectivity index (χ1) is 6.24. The van der Waals surface area contributed by atoms with Gasteiger partial charge in [0.1, 0.15) is 0 Å². The fourth-order valence-electron chi connectivity index (χ4n) is 1.04. The zero-order valence-corrected chi connectivity index (χ0v) is 10.0. The van der Waals surface area contributed by atoms with E-state index in [9.17, 15) is 0 Å². The highest BCUT2D eigenvalue weighted by Gasteiger charge is 2.07. The summed E-state index contributed by atoms with van der Waals surface area (Å²) in [5.74, 6) is 0. The molecule has 1 atom stereocenters. The lowest BCUT2D eigenvalue weighted by molar-refractivity contribution is 0.133. The summed E-state index contributed by atoms with van der Waals surface area (Å²) >= 11 is 5.21. The maximum absolute atomic E-state index is 5.88. The minimum absolute atomic E-state index is 0.106. The molecule has 1 unspecified atom stereocenters. The Kier molecular flexibility index (Phi) is 4.94. The van der Waals surface area contributed by atoms with E-state index < -0.39 is 0 Å². The van der Waals surface area contributed by atoms with Crippen molar-refractivity contribution in [3.8, 4) is 0 Å². The molecule has 2 nitrogen and oxygen atoms in total. The Bertz CT molecular complexity index is 252. The van der Waals surface area contributed by atoms with Crippen molar-refractivity contribution in [1.29, 1.82) is 0 Å². The molecule has 0 aromatic carbocycles. The minimum atomic E-state index is 0.106. The van der Waals surface area contributed by atoms with Gasteiger partial charge in [0.25, 0.3) is 0 Å². The number of thiophene rings is 1. The van der Waals surface area contributed by atoms with E-state index in [1.54, 1.807) is 11.3 Å². The zero-order chi connectivity index (χ0) is 9.68. The van der Waals surface area contributed by atoms with Crippen molar-refractivity contribution in [2.45, 2.75) is 19.4 Å². The van der Waals surface area contributed by atoms with Gasteiger partial charge in [-0.05, 0) is 34.3 Å². The second-order valence-electron chi connectivity index (χ2n) is 2.82. The first-order valence-electron chi connectivity index (χ1n) is 4.29. The lowest BCUT2D eigenvalue weighted by atomic mass is 10.2. The van der Waals surface area contributed by atoms with Crippen LogP contribution in [0.15, 0.2) is 15.9 Å². The molecule has 0 bridgehead atoms. The third-order valence-corrected chi connectivity index (χ3v) is 3.62. The zero-order valence-electron chi connectivity index (χ0n) is 7.63. The number of ether oxygens (including phenoxy) is 1. The van der Waals surface area contributed by atoms with Gasteiger partial charge in [-0.3, -0.25) is 0 Å². The highest BCUT2D eigenvalue weighted by molar-refractivity contribution is 9.10. The molecule has 2 N–H and O–H groups in total. The van der Waals surface area contributed by atoms with Crippen molar-refractivity contribution < 1.29 is 4.74 Å². The minimum Gasteiger partial charge on any atom is -0.380 e. The molecule has 0 saturated carbocycles. The summed E-state index contributed by atoms with van der Waals surface area (Å²) in [5, 5.41) is 2.06. The van der Waals surface area contributed by atoms with Gasteiger partial charge in [-0.25, -0.2) is 0 Å². The van der Waals surface area contributed by atoms with Crippen LogP contribution in [0.3, 0.4) is 0 Å². The van der Waals surface area contributed by atoms with Crippen LogP contribution in [0.25, 0.3) is 0 Å². The smallest absolute Gasteiger partial charge is 0.0620 e. The molecule has 0 aliphatic carbocycles. The molecular formula is C9H14BrNOS. The number of halogens is 1. The largest absolute Gasteiger partial charge is 0.380 e. The van der Waals surface area contributed by atoms with E-state index >= 15 is 0 Å². The standard InChI is InChI=1S/C9H14BrNOS/c1-2-12-6-7(11)5-9-8(10)3-4-13-9/h3-4,7H,2,5-6,11H2,1H3. The Morgan fingerprint density at radius 3 is 3.00 bits per heavy atom. The Morgan fingerprint density at radius 1 is 1.69 bits per heavy atom. The van der Waals surface area contributed by atoms with Crippen LogP contribution in [0.4, 0.5) is 0 Å². The fourth-order valence-corrected chi connectivity index (χ4v) is 2.65. The van der Waals surface area contributed by atoms with Gasteiger partial charge in [0.2, 0.25) is 0 Å². The van der Waals surface area contributed by atoms with E-state index in [2.05, 4.69) is 21.3 Å². The summed E-state index contributed by atoms with van der Waals surface area (Å²) in [4.78, 5) is 1.30. The van der Waals surface area contributed by atoms with Gasteiger partial charge in [0.15, 0.2) is 0 Å². The molecule has 0 saturated heterocycles. The predicted octanol–water partition coefficient (Wildman–Crippen LogP) is 2.42. The van der Waals surface area contributed by atoms with Crippen molar-refractivity contribution in [3.05, 3.63) is 20.8 Å². The summed E-state index contributed by atoms with van der Waals surface area (Å²) in [6.07, 6.45) is 0.887. The van der Waals surface area contributed by atoms with Crippen LogP contribution in [0.2, 0.25) is 0 Å². The molecule has 0 radical (unpaired) electrons. The molecule has 0 aliphatic rings. The van der Waals surface area contributed by atoms with Crippen LogP contribution in [-0.4, -0.2) is 19.3 Å². The van der Waals surface area contributed by atoms with Gasteiger partial charge < -0.3 is 10.5 Å². The van der Waals surface area contributed by atoms with E-state index in [0.29, 0.717) is 6.61 Å². The highest BCUT2D eigenvalue weighted by Crippen LogP contribution is 2.23. The van der Waals surface area contributed by atoms with Gasteiger partial charge in [0.05, 0.1) is 6.61 Å². The summed E-state index contributed by atoms with van der Waals surface area (Å²) in [5.41, 5.74) is 5.88. The number of hydrogen-bond donors (Lipinski definition) is 1. The SMILES string of the molecule is CCOCC(N)Cc1sccc1Br. The van der Waals surface area contributed by atoms with E-state index in [-0.39, 0.29) is 6.04 Å². The summed E-state index contributed by atoms with van der Waals surface area (Å²) in [7, 11) is 0. The Morgan fingerprint density at radius 2 is 2.46 bits per heavy atom. The number of nitrogens with two attached hydrogens (primary N) is 1. The summed E-state index contributed by atoms with van der Waals surface area (Å²) < 4.78 is 6.41. The molecule has 0 aliphatic heterocycles. The molecule has 13 heavy (non-hydrogen) atoms. The molecule has 1 heterocycles. The Labute approximate surface area is 91.2 Å². The molecule has 0 fully saturated rings. The highest BCUT2D eigenvalue weighted by atomic mass is 79.9. The van der Waals surface area contributed by atoms with Crippen molar-refractivity contribution in [2.24, 2.45) is 5.73 Å². The lowest BCUT2D eigenvalue weighted by Gasteiger charge is -2.10.